The van der Waals surface area contributed by atoms with Crippen LogP contribution in [0.5, 0.6) is 5.75 Å². The highest BCUT2D eigenvalue weighted by Gasteiger charge is 2.35. The summed E-state index contributed by atoms with van der Waals surface area (Å²) in [6.07, 6.45) is -4.76. The van der Waals surface area contributed by atoms with Crippen LogP contribution in [-0.2, 0) is 11.0 Å². The van der Waals surface area contributed by atoms with E-state index >= 15 is 0 Å². The van der Waals surface area contributed by atoms with E-state index in [2.05, 4.69) is 55.1 Å². The largest absolute Gasteiger partial charge is 0.490 e. The highest BCUT2D eigenvalue weighted by molar-refractivity contribution is 14.1. The van der Waals surface area contributed by atoms with Gasteiger partial charge in [0.05, 0.1) is 23.0 Å². The molecule has 0 radical (unpaired) electrons. The average molecular weight is 561 g/mol. The van der Waals surface area contributed by atoms with Crippen LogP contribution in [0, 0.1) is 6.57 Å². The van der Waals surface area contributed by atoms with Crippen LogP contribution in [0.1, 0.15) is 12.5 Å². The molecule has 0 spiro atoms. The van der Waals surface area contributed by atoms with Gasteiger partial charge in [0.15, 0.2) is 11.3 Å². The normalized spacial score (nSPS) is 12.2. The number of anilines is 1. The van der Waals surface area contributed by atoms with E-state index in [9.17, 15) is 23.1 Å². The highest BCUT2D eigenvalue weighted by atomic mass is 125. The Hall–Kier alpha value is -2.52. The lowest BCUT2D eigenvalue weighted by atomic mass is 10.1. The number of hydrogen-bond donors (Lipinski definition) is 2. The summed E-state index contributed by atoms with van der Waals surface area (Å²) in [7, 11) is 0. The molecule has 0 unspecified atom stereocenters. The number of rotatable bonds is 6. The Bertz CT molecular complexity index is 999. The van der Waals surface area contributed by atoms with Crippen LogP contribution < -0.4 is 10.1 Å². The van der Waals surface area contributed by atoms with Crippen molar-refractivity contribution in [2.24, 2.45) is 4.99 Å². The lowest BCUT2D eigenvalue weighted by Gasteiger charge is -2.23. The minimum Gasteiger partial charge on any atom is -0.490 e. The molecule has 6 nitrogen and oxygen atoms in total. The van der Waals surface area contributed by atoms with Crippen molar-refractivity contribution in [3.63, 3.8) is 0 Å². The van der Waals surface area contributed by atoms with Gasteiger partial charge in [0.2, 0.25) is 0 Å². The average Bonchev–Trinajstić information content (AvgIpc) is 2.74. The molecule has 2 N–H and O–H groups in total. The first-order chi connectivity index (χ1) is 14.6. The molecular formula is C20H17F3IN3O3S. The molecule has 1 atom stereocenters. The fraction of sp³-hybridized carbons (Fsp3) is 0.250. The number of ether oxygens (including phenoxy) is 1. The van der Waals surface area contributed by atoms with E-state index in [1.165, 1.54) is 12.1 Å². The van der Waals surface area contributed by atoms with Gasteiger partial charge in [-0.05, 0) is 60.5 Å². The van der Waals surface area contributed by atoms with Gasteiger partial charge in [-0.15, -0.1) is 0 Å². The van der Waals surface area contributed by atoms with E-state index in [-0.39, 0.29) is 5.69 Å². The van der Waals surface area contributed by atoms with Gasteiger partial charge in [-0.25, -0.2) is 4.85 Å². The van der Waals surface area contributed by atoms with E-state index in [1.807, 2.05) is 4.93 Å². The van der Waals surface area contributed by atoms with E-state index in [0.29, 0.717) is 17.5 Å². The summed E-state index contributed by atoms with van der Waals surface area (Å²) in [6, 6.07) is 8.98. The smallest absolute Gasteiger partial charge is 0.407 e. The lowest BCUT2D eigenvalue weighted by Crippen LogP contribution is -2.45. The van der Waals surface area contributed by atoms with Gasteiger partial charge in [0.25, 0.3) is 5.91 Å². The molecule has 2 aromatic carbocycles. The van der Waals surface area contributed by atoms with Crippen LogP contribution in [0.4, 0.5) is 30.2 Å². The zero-order chi connectivity index (χ0) is 23.7. The predicted molar refractivity (Wildman–Crippen MR) is 124 cm³/mol. The fourth-order valence-corrected chi connectivity index (χ4v) is 2.27. The number of isothiocyanates is 1. The number of carbonyl (C=O) groups excluding carboxylic acids is 1. The number of nitrogens with one attached hydrogen (secondary N) is 1. The molecule has 0 saturated carbocycles. The molecule has 0 aliphatic carbocycles. The predicted octanol–water partition coefficient (Wildman–Crippen LogP) is 5.81. The molecule has 0 fully saturated rings. The van der Waals surface area contributed by atoms with Crippen LogP contribution >= 0.6 is 34.8 Å². The number of benzene rings is 2. The van der Waals surface area contributed by atoms with Crippen LogP contribution in [0.15, 0.2) is 47.5 Å². The van der Waals surface area contributed by atoms with Crippen molar-refractivity contribution >= 4 is 62.9 Å². The maximum absolute atomic E-state index is 13.0. The third-order valence-electron chi connectivity index (χ3n) is 3.70. The van der Waals surface area contributed by atoms with Crippen LogP contribution in [-0.4, -0.2) is 33.3 Å². The zero-order valence-electron chi connectivity index (χ0n) is 16.3. The zero-order valence-corrected chi connectivity index (χ0v) is 19.3. The molecule has 2 aromatic rings. The summed E-state index contributed by atoms with van der Waals surface area (Å²) < 4.78 is 44.4. The van der Waals surface area contributed by atoms with Gasteiger partial charge in [-0.2, -0.15) is 18.2 Å². The summed E-state index contributed by atoms with van der Waals surface area (Å²) in [5.74, 6) is -0.634. The maximum Gasteiger partial charge on any atom is 0.407 e. The second-order valence-corrected chi connectivity index (χ2v) is 6.24. The van der Waals surface area contributed by atoms with Crippen LogP contribution in [0.3, 0.4) is 0 Å². The first-order valence-corrected chi connectivity index (χ1v) is 10.9. The molecule has 0 aliphatic heterocycles. The molecule has 0 bridgehead atoms. The third-order valence-corrected chi connectivity index (χ3v) is 3.79. The molecule has 11 heteroatoms. The third kappa shape index (κ3) is 7.91. The number of aliphatic imine (C=N–C) groups is 1. The lowest BCUT2D eigenvalue weighted by molar-refractivity contribution is -0.137. The molecular weight excluding hydrogens is 544 g/mol. The number of halogens is 4. The van der Waals surface area contributed by atoms with Crippen molar-refractivity contribution in [1.29, 1.82) is 0 Å². The van der Waals surface area contributed by atoms with Gasteiger partial charge in [-0.1, -0.05) is 28.7 Å². The minimum absolute atomic E-state index is 0.211. The highest BCUT2D eigenvalue weighted by Crippen LogP contribution is 2.38. The molecule has 2 rings (SSSR count). The summed E-state index contributed by atoms with van der Waals surface area (Å²) >= 11 is 6.64. The van der Waals surface area contributed by atoms with Gasteiger partial charge in [0, 0.05) is 5.69 Å². The quantitative estimate of drug-likeness (QED) is 0.154. The summed E-state index contributed by atoms with van der Waals surface area (Å²) in [5.41, 5.74) is -3.48. The minimum atomic E-state index is -4.76. The number of nitrogens with zero attached hydrogens (tertiary/aromatic N) is 2. The van der Waals surface area contributed by atoms with E-state index in [0.717, 1.165) is 19.1 Å². The Morgan fingerprint density at radius 2 is 1.90 bits per heavy atom. The SMILES string of the molecule is C[125I].[C-]#[N+]c1ccc(NC(=O)[C@@](C)(O)COc2ccc(N=C=S)cc2)cc1C(F)(F)F. The number of aliphatic hydroxyl groups is 1. The van der Waals surface area contributed by atoms with Gasteiger partial charge in [-0.3, -0.25) is 4.79 Å². The van der Waals surface area contributed by atoms with Gasteiger partial charge in [0.1, 0.15) is 12.4 Å². The number of hydrogen-bond acceptors (Lipinski definition) is 5. The molecule has 0 aromatic heterocycles. The first kappa shape index (κ1) is 26.5. The monoisotopic (exact) mass is 561 g/mol. The topological polar surface area (TPSA) is 75.3 Å². The number of thiocarbonyl (C=S) groups is 1. The number of carbonyl (C=O) groups is 1. The van der Waals surface area contributed by atoms with Crippen molar-refractivity contribution in [2.75, 3.05) is 16.9 Å². The van der Waals surface area contributed by atoms with Gasteiger partial charge < -0.3 is 15.2 Å². The molecule has 1 amide bonds. The van der Waals surface area contributed by atoms with Crippen molar-refractivity contribution in [3.05, 3.63) is 59.4 Å². The van der Waals surface area contributed by atoms with Gasteiger partial charge >= 0.3 is 6.18 Å². The molecule has 0 saturated heterocycles. The molecule has 0 heterocycles. The molecule has 0 aliphatic rings. The van der Waals surface area contributed by atoms with Crippen molar-refractivity contribution in [2.45, 2.75) is 18.7 Å². The fourth-order valence-electron chi connectivity index (χ4n) is 2.16. The standard InChI is InChI=1S/C19H14F3N3O3S.CH3I/c1-18(27,10-28-14-6-3-12(4-7-14)24-11-29)17(26)25-13-5-8-16(23-2)15(9-13)19(20,21)22;1-2/h3-9,27H,10H2,1H3,(H,25,26);1H3/t18-;/m0./s1/i;2-2. The van der Waals surface area contributed by atoms with E-state index < -0.39 is 35.5 Å². The Labute approximate surface area is 196 Å². The van der Waals surface area contributed by atoms with Crippen molar-refractivity contribution in [3.8, 4) is 5.75 Å². The summed E-state index contributed by atoms with van der Waals surface area (Å²) in [6.45, 7) is 7.52. The second kappa shape index (κ2) is 11.8. The molecule has 164 valence electrons. The van der Waals surface area contributed by atoms with Crippen molar-refractivity contribution in [1.82, 2.24) is 0 Å². The summed E-state index contributed by atoms with van der Waals surface area (Å²) in [5, 5.41) is 14.7. The Kier molecular flexibility index (Phi) is 10.1. The Morgan fingerprint density at radius 1 is 1.29 bits per heavy atom. The first-order valence-electron chi connectivity index (χ1n) is 8.38. The number of amides is 1. The summed E-state index contributed by atoms with van der Waals surface area (Å²) in [4.78, 5) is 20.8. The Balaban J connectivity index is 0.00000233. The van der Waals surface area contributed by atoms with Crippen molar-refractivity contribution < 1.29 is 27.8 Å². The maximum atomic E-state index is 13.0. The van der Waals surface area contributed by atoms with Crippen LogP contribution in [0.25, 0.3) is 4.85 Å². The van der Waals surface area contributed by atoms with E-state index in [4.69, 9.17) is 11.3 Å². The number of alkyl halides is 4. The molecule has 31 heavy (non-hydrogen) atoms. The Morgan fingerprint density at radius 3 is 2.42 bits per heavy atom. The van der Waals surface area contributed by atoms with Crippen LogP contribution in [0.2, 0.25) is 0 Å². The second-order valence-electron chi connectivity index (χ2n) is 6.06. The van der Waals surface area contributed by atoms with E-state index in [1.54, 1.807) is 12.1 Å².